The lowest BCUT2D eigenvalue weighted by molar-refractivity contribution is 0.358. The van der Waals surface area contributed by atoms with Crippen molar-refractivity contribution in [2.24, 2.45) is 0 Å². The first-order chi connectivity index (χ1) is 16.8. The number of benzene rings is 2. The fraction of sp³-hybridized carbons (Fsp3) is 0.360. The van der Waals surface area contributed by atoms with Crippen LogP contribution in [0.15, 0.2) is 81.1 Å². The molecule has 1 aromatic heterocycles. The SMILES string of the molecule is COc1ccc(CN(Cc2ccco2)S(=O)(=O)c2ccc(S(=O)(=O)N3CCCCCC3)cc2)cc1. The Bertz CT molecular complexity index is 1300. The van der Waals surface area contributed by atoms with Crippen molar-refractivity contribution in [1.82, 2.24) is 8.61 Å². The molecular formula is C25H30N2O6S2. The highest BCUT2D eigenvalue weighted by Crippen LogP contribution is 2.26. The molecule has 0 radical (unpaired) electrons. The van der Waals surface area contributed by atoms with Crippen molar-refractivity contribution in [3.8, 4) is 5.75 Å². The van der Waals surface area contributed by atoms with Gasteiger partial charge in [-0.2, -0.15) is 8.61 Å². The van der Waals surface area contributed by atoms with Crippen LogP contribution in [0.3, 0.4) is 0 Å². The Morgan fingerprint density at radius 3 is 2.03 bits per heavy atom. The van der Waals surface area contributed by atoms with E-state index in [0.29, 0.717) is 24.6 Å². The Hall–Kier alpha value is -2.66. The van der Waals surface area contributed by atoms with Crippen molar-refractivity contribution >= 4 is 20.0 Å². The van der Waals surface area contributed by atoms with Crippen LogP contribution in [0.4, 0.5) is 0 Å². The van der Waals surface area contributed by atoms with Gasteiger partial charge in [0.05, 0.1) is 29.7 Å². The molecular weight excluding hydrogens is 488 g/mol. The topological polar surface area (TPSA) is 97.1 Å². The largest absolute Gasteiger partial charge is 0.497 e. The second kappa shape index (κ2) is 10.9. The molecule has 0 atom stereocenters. The van der Waals surface area contributed by atoms with E-state index in [0.717, 1.165) is 31.2 Å². The minimum Gasteiger partial charge on any atom is -0.497 e. The maximum Gasteiger partial charge on any atom is 0.243 e. The zero-order valence-corrected chi connectivity index (χ0v) is 21.3. The highest BCUT2D eigenvalue weighted by Gasteiger charge is 2.29. The summed E-state index contributed by atoms with van der Waals surface area (Å²) in [6.07, 6.45) is 5.19. The Balaban J connectivity index is 1.60. The number of rotatable bonds is 9. The summed E-state index contributed by atoms with van der Waals surface area (Å²) in [5.41, 5.74) is 0.779. The molecule has 0 unspecified atom stereocenters. The van der Waals surface area contributed by atoms with Crippen LogP contribution in [0.5, 0.6) is 5.75 Å². The van der Waals surface area contributed by atoms with E-state index >= 15 is 0 Å². The van der Waals surface area contributed by atoms with Crippen LogP contribution in [0, 0.1) is 0 Å². The van der Waals surface area contributed by atoms with E-state index in [1.165, 1.54) is 39.1 Å². The minimum absolute atomic E-state index is 0.0207. The van der Waals surface area contributed by atoms with E-state index in [1.807, 2.05) is 0 Å². The molecule has 0 saturated carbocycles. The number of hydrogen-bond acceptors (Lipinski definition) is 6. The lowest BCUT2D eigenvalue weighted by Crippen LogP contribution is -2.32. The molecule has 0 aliphatic carbocycles. The van der Waals surface area contributed by atoms with Crippen molar-refractivity contribution in [3.63, 3.8) is 0 Å². The lowest BCUT2D eigenvalue weighted by atomic mass is 10.2. The van der Waals surface area contributed by atoms with Crippen LogP contribution in [0.1, 0.15) is 37.0 Å². The highest BCUT2D eigenvalue weighted by molar-refractivity contribution is 7.89. The average Bonchev–Trinajstić information content (AvgIpc) is 3.22. The standard InChI is InChI=1S/C25H30N2O6S2/c1-32-22-10-8-21(9-11-22)19-27(20-23-7-6-18-33-23)35(30,31)25-14-12-24(13-15-25)34(28,29)26-16-4-2-3-5-17-26/h6-15,18H,2-5,16-17,19-20H2,1H3. The summed E-state index contributed by atoms with van der Waals surface area (Å²) in [5, 5.41) is 0. The van der Waals surface area contributed by atoms with Gasteiger partial charge in [-0.15, -0.1) is 0 Å². The maximum absolute atomic E-state index is 13.6. The van der Waals surface area contributed by atoms with Gasteiger partial charge in [0.2, 0.25) is 20.0 Å². The number of hydrogen-bond donors (Lipinski definition) is 0. The second-order valence-corrected chi connectivity index (χ2v) is 12.4. The zero-order chi connectivity index (χ0) is 24.9. The molecule has 2 heterocycles. The molecule has 0 N–H and O–H groups in total. The van der Waals surface area contributed by atoms with E-state index in [-0.39, 0.29) is 22.9 Å². The molecule has 0 amide bonds. The molecule has 3 aromatic rings. The Morgan fingerprint density at radius 1 is 0.829 bits per heavy atom. The Morgan fingerprint density at radius 2 is 1.46 bits per heavy atom. The van der Waals surface area contributed by atoms with Crippen LogP contribution < -0.4 is 4.74 Å². The number of sulfonamides is 2. The summed E-state index contributed by atoms with van der Waals surface area (Å²) in [6.45, 7) is 1.12. The van der Waals surface area contributed by atoms with Gasteiger partial charge >= 0.3 is 0 Å². The number of methoxy groups -OCH3 is 1. The first-order valence-corrected chi connectivity index (χ1v) is 14.4. The molecule has 2 aromatic carbocycles. The van der Waals surface area contributed by atoms with Crippen molar-refractivity contribution in [1.29, 1.82) is 0 Å². The van der Waals surface area contributed by atoms with E-state index in [4.69, 9.17) is 9.15 Å². The third-order valence-electron chi connectivity index (χ3n) is 6.09. The second-order valence-electron chi connectivity index (χ2n) is 8.49. The monoisotopic (exact) mass is 518 g/mol. The molecule has 10 heteroatoms. The first-order valence-electron chi connectivity index (χ1n) is 11.6. The quantitative estimate of drug-likeness (QED) is 0.420. The summed E-state index contributed by atoms with van der Waals surface area (Å²) < 4.78 is 66.7. The van der Waals surface area contributed by atoms with Crippen LogP contribution in [0.25, 0.3) is 0 Å². The molecule has 8 nitrogen and oxygen atoms in total. The predicted molar refractivity (Wildman–Crippen MR) is 132 cm³/mol. The summed E-state index contributed by atoms with van der Waals surface area (Å²) in [7, 11) is -6.05. The third-order valence-corrected chi connectivity index (χ3v) is 9.81. The summed E-state index contributed by atoms with van der Waals surface area (Å²) in [5.74, 6) is 1.18. The van der Waals surface area contributed by atoms with Crippen molar-refractivity contribution in [2.45, 2.75) is 48.6 Å². The summed E-state index contributed by atoms with van der Waals surface area (Å²) in [4.78, 5) is 0.124. The van der Waals surface area contributed by atoms with E-state index in [9.17, 15) is 16.8 Å². The average molecular weight is 519 g/mol. The van der Waals surface area contributed by atoms with Gasteiger partial charge in [-0.3, -0.25) is 0 Å². The predicted octanol–water partition coefficient (Wildman–Crippen LogP) is 4.24. The molecule has 1 aliphatic rings. The number of nitrogens with zero attached hydrogens (tertiary/aromatic N) is 2. The van der Waals surface area contributed by atoms with E-state index in [2.05, 4.69) is 0 Å². The third kappa shape index (κ3) is 5.95. The van der Waals surface area contributed by atoms with Gasteiger partial charge in [0, 0.05) is 19.6 Å². The van der Waals surface area contributed by atoms with Gasteiger partial charge in [-0.1, -0.05) is 25.0 Å². The van der Waals surface area contributed by atoms with E-state index in [1.54, 1.807) is 43.5 Å². The first kappa shape index (κ1) is 25.4. The Kier molecular flexibility index (Phi) is 7.95. The van der Waals surface area contributed by atoms with Gasteiger partial charge < -0.3 is 9.15 Å². The summed E-state index contributed by atoms with van der Waals surface area (Å²) in [6, 6.07) is 16.1. The van der Waals surface area contributed by atoms with Gasteiger partial charge in [0.15, 0.2) is 0 Å². The van der Waals surface area contributed by atoms with Crippen LogP contribution in [0.2, 0.25) is 0 Å². The molecule has 0 bridgehead atoms. The van der Waals surface area contributed by atoms with Gasteiger partial charge in [0.25, 0.3) is 0 Å². The molecule has 35 heavy (non-hydrogen) atoms. The summed E-state index contributed by atoms with van der Waals surface area (Å²) >= 11 is 0. The fourth-order valence-electron chi connectivity index (χ4n) is 4.10. The molecule has 188 valence electrons. The number of furan rings is 1. The smallest absolute Gasteiger partial charge is 0.243 e. The van der Waals surface area contributed by atoms with Gasteiger partial charge in [-0.25, -0.2) is 16.8 Å². The number of ether oxygens (including phenoxy) is 1. The van der Waals surface area contributed by atoms with Crippen LogP contribution in [-0.2, 0) is 33.1 Å². The molecule has 0 spiro atoms. The van der Waals surface area contributed by atoms with Crippen molar-refractivity contribution in [3.05, 3.63) is 78.3 Å². The lowest BCUT2D eigenvalue weighted by Gasteiger charge is -2.22. The maximum atomic E-state index is 13.6. The molecule has 1 aliphatic heterocycles. The fourth-order valence-corrected chi connectivity index (χ4v) is 7.01. The van der Waals surface area contributed by atoms with Gasteiger partial charge in [-0.05, 0) is 66.9 Å². The highest BCUT2D eigenvalue weighted by atomic mass is 32.2. The Labute approximate surface area is 207 Å². The normalized spacial score (nSPS) is 15.7. The van der Waals surface area contributed by atoms with E-state index < -0.39 is 20.0 Å². The molecule has 1 fully saturated rings. The molecule has 1 saturated heterocycles. The van der Waals surface area contributed by atoms with Crippen molar-refractivity contribution in [2.75, 3.05) is 20.2 Å². The zero-order valence-electron chi connectivity index (χ0n) is 19.7. The van der Waals surface area contributed by atoms with Crippen LogP contribution >= 0.6 is 0 Å². The van der Waals surface area contributed by atoms with Crippen molar-refractivity contribution < 1.29 is 26.0 Å². The minimum atomic E-state index is -3.95. The van der Waals surface area contributed by atoms with Crippen LogP contribution in [-0.4, -0.2) is 45.6 Å². The molecule has 4 rings (SSSR count). The van der Waals surface area contributed by atoms with Gasteiger partial charge in [0.1, 0.15) is 11.5 Å².